The van der Waals surface area contributed by atoms with Crippen LogP contribution in [0.4, 0.5) is 0 Å². The van der Waals surface area contributed by atoms with Gasteiger partial charge in [-0.3, -0.25) is 4.90 Å². The highest BCUT2D eigenvalue weighted by atomic mass is 32.2. The van der Waals surface area contributed by atoms with E-state index in [1.54, 1.807) is 0 Å². The Balaban J connectivity index is 1.40. The molecular weight excluding hydrogens is 322 g/mol. The number of hydrogen-bond acceptors (Lipinski definition) is 2. The van der Waals surface area contributed by atoms with E-state index in [2.05, 4.69) is 77.3 Å². The van der Waals surface area contributed by atoms with Gasteiger partial charge in [-0.1, -0.05) is 55.0 Å². The second kappa shape index (κ2) is 8.42. The minimum Gasteiger partial charge on any atom is -0.299 e. The summed E-state index contributed by atoms with van der Waals surface area (Å²) in [6.07, 6.45) is 8.14. The molecule has 1 nitrogen and oxygen atoms in total. The van der Waals surface area contributed by atoms with Crippen molar-refractivity contribution in [3.63, 3.8) is 0 Å². The summed E-state index contributed by atoms with van der Waals surface area (Å²) in [5.41, 5.74) is 1.49. The third-order valence-corrected chi connectivity index (χ3v) is 7.39. The Bertz CT molecular complexity index is 642. The van der Waals surface area contributed by atoms with Gasteiger partial charge in [0, 0.05) is 22.7 Å². The van der Waals surface area contributed by atoms with E-state index < -0.39 is 0 Å². The highest BCUT2D eigenvalue weighted by molar-refractivity contribution is 8.00. The van der Waals surface area contributed by atoms with Gasteiger partial charge in [0.2, 0.25) is 0 Å². The van der Waals surface area contributed by atoms with Crippen LogP contribution in [0.5, 0.6) is 0 Å². The van der Waals surface area contributed by atoms with Crippen LogP contribution in [0.2, 0.25) is 0 Å². The van der Waals surface area contributed by atoms with Gasteiger partial charge in [0.05, 0.1) is 0 Å². The number of nitrogens with zero attached hydrogens (tertiary/aromatic N) is 1. The molecule has 3 atom stereocenters. The maximum Gasteiger partial charge on any atom is 0.0291 e. The average molecular weight is 352 g/mol. The van der Waals surface area contributed by atoms with E-state index in [0.717, 1.165) is 17.2 Å². The molecule has 3 unspecified atom stereocenters. The van der Waals surface area contributed by atoms with Crippen molar-refractivity contribution in [1.29, 1.82) is 0 Å². The van der Waals surface area contributed by atoms with Crippen molar-refractivity contribution in [2.45, 2.75) is 54.7 Å². The fraction of sp³-hybridized carbons (Fsp3) is 0.478. The molecule has 2 aromatic rings. The number of benzene rings is 2. The van der Waals surface area contributed by atoms with Gasteiger partial charge >= 0.3 is 0 Å². The third kappa shape index (κ3) is 4.30. The number of aryl methyl sites for hydroxylation is 1. The molecule has 0 aromatic heterocycles. The Labute approximate surface area is 156 Å². The van der Waals surface area contributed by atoms with E-state index in [4.69, 9.17) is 0 Å². The van der Waals surface area contributed by atoms with Gasteiger partial charge < -0.3 is 0 Å². The van der Waals surface area contributed by atoms with Crippen molar-refractivity contribution in [1.82, 2.24) is 4.90 Å². The lowest BCUT2D eigenvalue weighted by molar-refractivity contribution is 0.197. The van der Waals surface area contributed by atoms with E-state index in [0.29, 0.717) is 0 Å². The second-order valence-electron chi connectivity index (χ2n) is 7.59. The predicted octanol–water partition coefficient (Wildman–Crippen LogP) is 5.65. The summed E-state index contributed by atoms with van der Waals surface area (Å²) in [6, 6.07) is 22.9. The maximum atomic E-state index is 2.80. The normalized spacial score (nSPS) is 26.5. The van der Waals surface area contributed by atoms with Crippen LogP contribution in [-0.2, 0) is 6.42 Å². The summed E-state index contributed by atoms with van der Waals surface area (Å²) in [5.74, 6) is 0.844. The molecule has 0 bridgehead atoms. The summed E-state index contributed by atoms with van der Waals surface area (Å²) < 4.78 is 0. The van der Waals surface area contributed by atoms with E-state index in [1.807, 2.05) is 0 Å². The molecule has 2 aromatic carbocycles. The molecule has 2 heteroatoms. The van der Waals surface area contributed by atoms with Crippen LogP contribution in [-0.4, -0.2) is 29.3 Å². The van der Waals surface area contributed by atoms with E-state index >= 15 is 0 Å². The van der Waals surface area contributed by atoms with Crippen LogP contribution < -0.4 is 0 Å². The predicted molar refractivity (Wildman–Crippen MR) is 108 cm³/mol. The number of hydrogen-bond donors (Lipinski definition) is 0. The minimum absolute atomic E-state index is 0.776. The van der Waals surface area contributed by atoms with Gasteiger partial charge in [-0.2, -0.15) is 0 Å². The first-order valence-electron chi connectivity index (χ1n) is 9.90. The van der Waals surface area contributed by atoms with Crippen molar-refractivity contribution in [3.05, 3.63) is 66.2 Å². The lowest BCUT2D eigenvalue weighted by atomic mass is 9.94. The molecule has 25 heavy (non-hydrogen) atoms. The molecule has 2 fully saturated rings. The highest BCUT2D eigenvalue weighted by Crippen LogP contribution is 2.43. The molecule has 2 heterocycles. The van der Waals surface area contributed by atoms with Crippen LogP contribution in [0.1, 0.15) is 37.7 Å². The molecule has 2 saturated heterocycles. The monoisotopic (exact) mass is 351 g/mol. The van der Waals surface area contributed by atoms with Crippen LogP contribution in [0, 0.1) is 5.92 Å². The maximum absolute atomic E-state index is 2.80. The Morgan fingerprint density at radius 2 is 1.68 bits per heavy atom. The molecule has 0 aliphatic carbocycles. The molecule has 132 valence electrons. The van der Waals surface area contributed by atoms with Gasteiger partial charge in [-0.25, -0.2) is 0 Å². The van der Waals surface area contributed by atoms with Gasteiger partial charge in [-0.05, 0) is 62.3 Å². The van der Waals surface area contributed by atoms with E-state index in [1.165, 1.54) is 62.1 Å². The van der Waals surface area contributed by atoms with Crippen molar-refractivity contribution < 1.29 is 0 Å². The second-order valence-corrected chi connectivity index (χ2v) is 8.84. The van der Waals surface area contributed by atoms with Crippen molar-refractivity contribution in [2.24, 2.45) is 5.92 Å². The molecule has 4 rings (SSSR count). The molecule has 2 aliphatic rings. The lowest BCUT2D eigenvalue weighted by Gasteiger charge is -2.32. The summed E-state index contributed by atoms with van der Waals surface area (Å²) >= 11 is 2.15. The summed E-state index contributed by atoms with van der Waals surface area (Å²) in [7, 11) is 0. The molecular formula is C23H29NS. The Morgan fingerprint density at radius 1 is 0.920 bits per heavy atom. The molecule has 0 spiro atoms. The summed E-state index contributed by atoms with van der Waals surface area (Å²) in [4.78, 5) is 4.25. The molecule has 0 N–H and O–H groups in total. The zero-order chi connectivity index (χ0) is 16.9. The molecule has 0 saturated carbocycles. The Kier molecular flexibility index (Phi) is 5.79. The topological polar surface area (TPSA) is 3.24 Å². The van der Waals surface area contributed by atoms with Crippen LogP contribution in [0.25, 0.3) is 0 Å². The zero-order valence-corrected chi connectivity index (χ0v) is 15.8. The quantitative estimate of drug-likeness (QED) is 0.661. The fourth-order valence-corrected chi connectivity index (χ4v) is 6.14. The van der Waals surface area contributed by atoms with Crippen LogP contribution in [0.3, 0.4) is 0 Å². The fourth-order valence-electron chi connectivity index (χ4n) is 4.63. The molecule has 2 aliphatic heterocycles. The third-order valence-electron chi connectivity index (χ3n) is 5.88. The first-order valence-corrected chi connectivity index (χ1v) is 10.8. The van der Waals surface area contributed by atoms with Crippen molar-refractivity contribution >= 4 is 11.8 Å². The first-order chi connectivity index (χ1) is 12.4. The first kappa shape index (κ1) is 17.2. The zero-order valence-electron chi connectivity index (χ0n) is 15.0. The van der Waals surface area contributed by atoms with Crippen molar-refractivity contribution in [2.75, 3.05) is 13.1 Å². The van der Waals surface area contributed by atoms with Gasteiger partial charge in [0.25, 0.3) is 0 Å². The van der Waals surface area contributed by atoms with E-state index in [9.17, 15) is 0 Å². The summed E-state index contributed by atoms with van der Waals surface area (Å²) in [6.45, 7) is 2.65. The highest BCUT2D eigenvalue weighted by Gasteiger charge is 2.42. The number of rotatable bonds is 6. The largest absolute Gasteiger partial charge is 0.299 e. The average Bonchev–Trinajstić information content (AvgIpc) is 3.01. The molecule has 0 amide bonds. The number of fused-ring (bicyclic) bond motifs is 1. The van der Waals surface area contributed by atoms with Crippen LogP contribution >= 0.6 is 11.8 Å². The summed E-state index contributed by atoms with van der Waals surface area (Å²) in [5, 5.41) is 0.776. The Morgan fingerprint density at radius 3 is 2.48 bits per heavy atom. The van der Waals surface area contributed by atoms with Gasteiger partial charge in [0.15, 0.2) is 0 Å². The van der Waals surface area contributed by atoms with Crippen molar-refractivity contribution in [3.8, 4) is 0 Å². The van der Waals surface area contributed by atoms with Gasteiger partial charge in [-0.15, -0.1) is 11.8 Å². The SMILES string of the molecule is c1ccc(CCCC2CN3CCCCC3C2Sc2ccccc2)cc1. The standard InChI is InChI=1S/C23H29NS/c1-3-10-19(11-4-1)12-9-13-20-18-24-17-8-7-16-22(24)23(20)25-21-14-5-2-6-15-21/h1-6,10-11,14-15,20,22-23H,7-9,12-13,16-18H2. The molecule has 0 radical (unpaired) electrons. The van der Waals surface area contributed by atoms with Gasteiger partial charge in [0.1, 0.15) is 0 Å². The van der Waals surface area contributed by atoms with E-state index in [-0.39, 0.29) is 0 Å². The van der Waals surface area contributed by atoms with Crippen LogP contribution in [0.15, 0.2) is 65.6 Å². The lowest BCUT2D eigenvalue weighted by Crippen LogP contribution is -2.38. The minimum atomic E-state index is 0.776. The smallest absolute Gasteiger partial charge is 0.0291 e. The Hall–Kier alpha value is -1.25. The number of thioether (sulfide) groups is 1. The number of piperidine rings is 1.